The van der Waals surface area contributed by atoms with Crippen molar-refractivity contribution in [1.29, 1.82) is 0 Å². The van der Waals surface area contributed by atoms with E-state index in [1.54, 1.807) is 32.1 Å². The maximum Gasteiger partial charge on any atom is 0.319 e. The van der Waals surface area contributed by atoms with Crippen molar-refractivity contribution in [3.8, 4) is 11.3 Å². The first kappa shape index (κ1) is 22.1. The number of amides is 2. The number of carbonyl (C=O) groups is 1. The molecule has 1 aliphatic carbocycles. The summed E-state index contributed by atoms with van der Waals surface area (Å²) in [6.07, 6.45) is 2.53. The first-order chi connectivity index (χ1) is 14.1. The molecule has 0 fully saturated rings. The van der Waals surface area contributed by atoms with Gasteiger partial charge in [-0.15, -0.1) is 5.10 Å². The highest BCUT2D eigenvalue weighted by atomic mass is 19.1. The maximum absolute atomic E-state index is 14.4. The molecule has 1 aromatic heterocycles. The van der Waals surface area contributed by atoms with Crippen molar-refractivity contribution in [3.63, 3.8) is 0 Å². The molecular weight excluding hydrogens is 386 g/mol. The number of benzene rings is 1. The molecule has 0 radical (unpaired) electrons. The number of carbonyl (C=O) groups excluding carboxylic acids is 1. The van der Waals surface area contributed by atoms with E-state index in [1.807, 2.05) is 6.92 Å². The van der Waals surface area contributed by atoms with Gasteiger partial charge in [0.15, 0.2) is 0 Å². The summed E-state index contributed by atoms with van der Waals surface area (Å²) in [5.74, 6) is -0.679. The standard InChI is InChI=1S/C23H30F2N4O/c1-14(2)12-15-10-11-23(3,29(6)22(30)28(4)5)21-16(15)13-19(26-27-21)20-17(24)8-7-9-18(20)25/h7-9,13-15H,10-12H2,1-6H3/t15-,23+/m1/s1. The van der Waals surface area contributed by atoms with E-state index >= 15 is 0 Å². The lowest BCUT2D eigenvalue weighted by atomic mass is 9.72. The second-order valence-corrected chi connectivity index (χ2v) is 9.01. The van der Waals surface area contributed by atoms with E-state index in [0.29, 0.717) is 11.6 Å². The van der Waals surface area contributed by atoms with Crippen LogP contribution in [0.1, 0.15) is 57.2 Å². The Labute approximate surface area is 177 Å². The lowest BCUT2D eigenvalue weighted by molar-refractivity contribution is 0.102. The highest BCUT2D eigenvalue weighted by Gasteiger charge is 2.43. The molecule has 2 atom stereocenters. The van der Waals surface area contributed by atoms with Crippen LogP contribution in [0.15, 0.2) is 24.3 Å². The van der Waals surface area contributed by atoms with Gasteiger partial charge in [-0.25, -0.2) is 13.6 Å². The zero-order chi connectivity index (χ0) is 22.2. The lowest BCUT2D eigenvalue weighted by Crippen LogP contribution is -2.51. The van der Waals surface area contributed by atoms with Gasteiger partial charge < -0.3 is 9.80 Å². The van der Waals surface area contributed by atoms with Gasteiger partial charge in [-0.1, -0.05) is 19.9 Å². The molecular formula is C23H30F2N4O. The molecule has 3 rings (SSSR count). The van der Waals surface area contributed by atoms with Gasteiger partial charge in [-0.3, -0.25) is 0 Å². The van der Waals surface area contributed by atoms with Crippen molar-refractivity contribution in [3.05, 3.63) is 47.2 Å². The maximum atomic E-state index is 14.4. The highest BCUT2D eigenvalue weighted by molar-refractivity contribution is 5.75. The van der Waals surface area contributed by atoms with Gasteiger partial charge >= 0.3 is 6.03 Å². The zero-order valence-electron chi connectivity index (χ0n) is 18.5. The van der Waals surface area contributed by atoms with Crippen molar-refractivity contribution in [2.75, 3.05) is 21.1 Å². The lowest BCUT2D eigenvalue weighted by Gasteiger charge is -2.45. The Bertz CT molecular complexity index is 927. The van der Waals surface area contributed by atoms with E-state index in [-0.39, 0.29) is 23.2 Å². The minimum atomic E-state index is -0.664. The molecule has 0 aliphatic heterocycles. The summed E-state index contributed by atoms with van der Waals surface area (Å²) in [7, 11) is 5.19. The second kappa shape index (κ2) is 8.28. The first-order valence-corrected chi connectivity index (χ1v) is 10.3. The van der Waals surface area contributed by atoms with Crippen LogP contribution in [-0.4, -0.2) is 47.2 Å². The summed E-state index contributed by atoms with van der Waals surface area (Å²) in [6.45, 7) is 6.29. The van der Waals surface area contributed by atoms with Crippen molar-refractivity contribution in [2.45, 2.75) is 51.5 Å². The van der Waals surface area contributed by atoms with Crippen molar-refractivity contribution in [2.24, 2.45) is 5.92 Å². The van der Waals surface area contributed by atoms with Crippen LogP contribution in [0, 0.1) is 17.6 Å². The Balaban J connectivity index is 2.16. The van der Waals surface area contributed by atoms with Crippen LogP contribution in [0.3, 0.4) is 0 Å². The Hall–Kier alpha value is -2.57. The molecule has 7 heteroatoms. The summed E-state index contributed by atoms with van der Waals surface area (Å²) in [5.41, 5.74) is 0.995. The van der Waals surface area contributed by atoms with Crippen molar-refractivity contribution in [1.82, 2.24) is 20.0 Å². The highest BCUT2D eigenvalue weighted by Crippen LogP contribution is 2.46. The SMILES string of the molecule is CC(C)C[C@H]1CC[C@](C)(N(C)C(=O)N(C)C)c2nnc(-c3c(F)cccc3F)cc21. The predicted octanol–water partition coefficient (Wildman–Crippen LogP) is 5.17. The number of rotatable bonds is 4. The molecule has 1 heterocycles. The van der Waals surface area contributed by atoms with Crippen LogP contribution in [0.4, 0.5) is 13.6 Å². The van der Waals surface area contributed by atoms with Crippen LogP contribution in [0.2, 0.25) is 0 Å². The Kier molecular flexibility index (Phi) is 6.11. The van der Waals surface area contributed by atoms with E-state index in [0.717, 1.165) is 24.8 Å². The first-order valence-electron chi connectivity index (χ1n) is 10.3. The molecule has 0 bridgehead atoms. The molecule has 0 N–H and O–H groups in total. The third-order valence-electron chi connectivity index (χ3n) is 6.14. The summed E-state index contributed by atoms with van der Waals surface area (Å²) in [4.78, 5) is 15.9. The normalized spacial score (nSPS) is 20.8. The van der Waals surface area contributed by atoms with Gasteiger partial charge in [0, 0.05) is 21.1 Å². The van der Waals surface area contributed by atoms with E-state index in [2.05, 4.69) is 24.0 Å². The van der Waals surface area contributed by atoms with E-state index < -0.39 is 17.2 Å². The van der Waals surface area contributed by atoms with E-state index in [4.69, 9.17) is 0 Å². The fourth-order valence-electron chi connectivity index (χ4n) is 4.38. The van der Waals surface area contributed by atoms with Crippen molar-refractivity contribution < 1.29 is 13.6 Å². The average molecular weight is 417 g/mol. The molecule has 0 spiro atoms. The van der Waals surface area contributed by atoms with Gasteiger partial charge in [0.2, 0.25) is 0 Å². The molecule has 0 saturated heterocycles. The molecule has 162 valence electrons. The van der Waals surface area contributed by atoms with Crippen molar-refractivity contribution >= 4 is 6.03 Å². The largest absolute Gasteiger partial charge is 0.331 e. The third kappa shape index (κ3) is 3.89. The molecule has 5 nitrogen and oxygen atoms in total. The Morgan fingerprint density at radius 2 is 1.83 bits per heavy atom. The molecule has 30 heavy (non-hydrogen) atoms. The second-order valence-electron chi connectivity index (χ2n) is 9.01. The Morgan fingerprint density at radius 1 is 1.20 bits per heavy atom. The van der Waals surface area contributed by atoms with Crippen LogP contribution >= 0.6 is 0 Å². The van der Waals surface area contributed by atoms with Crippen LogP contribution in [0.5, 0.6) is 0 Å². The molecule has 0 saturated carbocycles. The molecule has 0 unspecified atom stereocenters. The number of fused-ring (bicyclic) bond motifs is 1. The monoisotopic (exact) mass is 416 g/mol. The number of urea groups is 1. The van der Waals surface area contributed by atoms with Gasteiger partial charge in [0.05, 0.1) is 22.5 Å². The zero-order valence-corrected chi connectivity index (χ0v) is 18.5. The van der Waals surface area contributed by atoms with Gasteiger partial charge in [-0.05, 0) is 61.8 Å². The summed E-state index contributed by atoms with van der Waals surface area (Å²) < 4.78 is 28.8. The van der Waals surface area contributed by atoms with Crippen LogP contribution < -0.4 is 0 Å². The van der Waals surface area contributed by atoms with Gasteiger partial charge in [-0.2, -0.15) is 5.10 Å². The number of aromatic nitrogens is 2. The fourth-order valence-corrected chi connectivity index (χ4v) is 4.38. The summed E-state index contributed by atoms with van der Waals surface area (Å²) >= 11 is 0. The molecule has 2 aromatic rings. The molecule has 1 aliphatic rings. The predicted molar refractivity (Wildman–Crippen MR) is 113 cm³/mol. The molecule has 1 aromatic carbocycles. The van der Waals surface area contributed by atoms with Gasteiger partial charge in [0.1, 0.15) is 11.6 Å². The summed E-state index contributed by atoms with van der Waals surface area (Å²) in [5, 5.41) is 8.65. The topological polar surface area (TPSA) is 49.3 Å². The smallest absolute Gasteiger partial charge is 0.319 e. The minimum absolute atomic E-state index is 0.128. The number of halogens is 2. The minimum Gasteiger partial charge on any atom is -0.331 e. The van der Waals surface area contributed by atoms with Gasteiger partial charge in [0.25, 0.3) is 0 Å². The molecule has 2 amide bonds. The Morgan fingerprint density at radius 3 is 2.40 bits per heavy atom. The van der Waals surface area contributed by atoms with E-state index in [9.17, 15) is 13.6 Å². The number of hydrogen-bond donors (Lipinski definition) is 0. The van der Waals surface area contributed by atoms with Crippen LogP contribution in [0.25, 0.3) is 11.3 Å². The number of hydrogen-bond acceptors (Lipinski definition) is 3. The third-order valence-corrected chi connectivity index (χ3v) is 6.14. The number of nitrogens with zero attached hydrogens (tertiary/aromatic N) is 4. The quantitative estimate of drug-likeness (QED) is 0.691. The summed E-state index contributed by atoms with van der Waals surface area (Å²) in [6, 6.07) is 5.41. The van der Waals surface area contributed by atoms with E-state index in [1.165, 1.54) is 23.1 Å². The van der Waals surface area contributed by atoms with Crippen LogP contribution in [-0.2, 0) is 5.54 Å². The fraction of sp³-hybridized carbons (Fsp3) is 0.522. The average Bonchev–Trinajstić information content (AvgIpc) is 2.68.